The van der Waals surface area contributed by atoms with E-state index in [0.29, 0.717) is 12.1 Å². The van der Waals surface area contributed by atoms with Gasteiger partial charge in [0.15, 0.2) is 5.17 Å². The lowest BCUT2D eigenvalue weighted by Crippen LogP contribution is -2.40. The third-order valence-corrected chi connectivity index (χ3v) is 4.58. The van der Waals surface area contributed by atoms with Gasteiger partial charge in [0, 0.05) is 17.0 Å². The highest BCUT2D eigenvalue weighted by atomic mass is 32.2. The van der Waals surface area contributed by atoms with Crippen molar-refractivity contribution in [3.05, 3.63) is 54.6 Å². The summed E-state index contributed by atoms with van der Waals surface area (Å²) < 4.78 is 5.24. The lowest BCUT2D eigenvalue weighted by Gasteiger charge is -2.33. The largest absolute Gasteiger partial charge is 0.497 e. The normalized spacial score (nSPS) is 11.9. The Hall–Kier alpha value is -1.94. The molecule has 2 aromatic rings. The van der Waals surface area contributed by atoms with Gasteiger partial charge in [-0.05, 0) is 64.1 Å². The van der Waals surface area contributed by atoms with E-state index in [1.54, 1.807) is 18.9 Å². The number of nitrogens with zero attached hydrogens (tertiary/aromatic N) is 2. The van der Waals surface area contributed by atoms with Crippen LogP contribution in [0.2, 0.25) is 0 Å². The maximum absolute atomic E-state index is 5.24. The molecule has 0 atom stereocenters. The Balaban J connectivity index is 2.36. The van der Waals surface area contributed by atoms with E-state index in [4.69, 9.17) is 9.73 Å². The van der Waals surface area contributed by atoms with Crippen LogP contribution in [0.1, 0.15) is 27.7 Å². The van der Waals surface area contributed by atoms with Crippen LogP contribution >= 0.6 is 11.8 Å². The molecule has 0 saturated carbocycles. The number of benzene rings is 2. The lowest BCUT2D eigenvalue weighted by molar-refractivity contribution is 0.298. The molecule has 4 heteroatoms. The number of aliphatic imine (C=N–C) groups is 1. The summed E-state index contributed by atoms with van der Waals surface area (Å²) in [7, 11) is 1.68. The van der Waals surface area contributed by atoms with Gasteiger partial charge in [0.25, 0.3) is 0 Å². The molecule has 2 aromatic carbocycles. The summed E-state index contributed by atoms with van der Waals surface area (Å²) >= 11 is 1.69. The first-order valence-corrected chi connectivity index (χ1v) is 9.07. The first kappa shape index (κ1) is 18.4. The smallest absolute Gasteiger partial charge is 0.169 e. The van der Waals surface area contributed by atoms with Crippen molar-refractivity contribution in [2.24, 2.45) is 4.99 Å². The molecule has 2 rings (SSSR count). The number of para-hydroxylation sites is 1. The third kappa shape index (κ3) is 5.03. The Morgan fingerprint density at radius 3 is 2.00 bits per heavy atom. The minimum absolute atomic E-state index is 0.373. The van der Waals surface area contributed by atoms with Gasteiger partial charge in [-0.3, -0.25) is 0 Å². The Morgan fingerprint density at radius 1 is 0.917 bits per heavy atom. The van der Waals surface area contributed by atoms with Crippen molar-refractivity contribution in [2.75, 3.05) is 7.11 Å². The van der Waals surface area contributed by atoms with Crippen molar-refractivity contribution in [1.82, 2.24) is 4.90 Å². The molecule has 128 valence electrons. The zero-order valence-corrected chi connectivity index (χ0v) is 15.9. The Kier molecular flexibility index (Phi) is 6.73. The number of rotatable bonds is 5. The summed E-state index contributed by atoms with van der Waals surface area (Å²) in [6, 6.07) is 19.0. The molecule has 0 radical (unpaired) electrons. The fourth-order valence-corrected chi connectivity index (χ4v) is 3.69. The van der Waals surface area contributed by atoms with Gasteiger partial charge in [0.1, 0.15) is 5.75 Å². The molecular formula is C20H26N2OS. The molecule has 0 spiro atoms. The van der Waals surface area contributed by atoms with Gasteiger partial charge in [-0.1, -0.05) is 30.0 Å². The molecule has 0 aromatic heterocycles. The second-order valence-electron chi connectivity index (χ2n) is 6.10. The molecule has 0 N–H and O–H groups in total. The average Bonchev–Trinajstić information content (AvgIpc) is 2.56. The maximum Gasteiger partial charge on any atom is 0.169 e. The van der Waals surface area contributed by atoms with Crippen LogP contribution in [-0.2, 0) is 0 Å². The fourth-order valence-electron chi connectivity index (χ4n) is 2.53. The van der Waals surface area contributed by atoms with Gasteiger partial charge in [0.05, 0.1) is 12.8 Å². The Morgan fingerprint density at radius 2 is 1.50 bits per heavy atom. The van der Waals surface area contributed by atoms with Crippen LogP contribution in [0.5, 0.6) is 5.75 Å². The van der Waals surface area contributed by atoms with Gasteiger partial charge in [-0.15, -0.1) is 0 Å². The molecule has 0 aliphatic rings. The second-order valence-corrected chi connectivity index (χ2v) is 7.14. The quantitative estimate of drug-likeness (QED) is 0.402. The van der Waals surface area contributed by atoms with Gasteiger partial charge in [0.2, 0.25) is 0 Å². The van der Waals surface area contributed by atoms with Crippen LogP contribution in [0, 0.1) is 0 Å². The predicted octanol–water partition coefficient (Wildman–Crippen LogP) is 5.59. The molecule has 0 heterocycles. The molecule has 0 unspecified atom stereocenters. The second kappa shape index (κ2) is 8.78. The Bertz CT molecular complexity index is 643. The van der Waals surface area contributed by atoms with Crippen LogP contribution < -0.4 is 4.74 Å². The predicted molar refractivity (Wildman–Crippen MR) is 104 cm³/mol. The summed E-state index contributed by atoms with van der Waals surface area (Å²) in [6.45, 7) is 8.81. The maximum atomic E-state index is 5.24. The summed E-state index contributed by atoms with van der Waals surface area (Å²) in [5.74, 6) is 0.866. The van der Waals surface area contributed by atoms with E-state index in [9.17, 15) is 0 Å². The number of methoxy groups -OCH3 is 1. The molecule has 0 saturated heterocycles. The molecule has 0 aliphatic carbocycles. The van der Waals surface area contributed by atoms with E-state index in [1.807, 2.05) is 42.5 Å². The minimum atomic E-state index is 0.373. The summed E-state index contributed by atoms with van der Waals surface area (Å²) in [6.07, 6.45) is 0. The van der Waals surface area contributed by atoms with Crippen LogP contribution in [0.3, 0.4) is 0 Å². The monoisotopic (exact) mass is 342 g/mol. The van der Waals surface area contributed by atoms with Gasteiger partial charge in [-0.25, -0.2) is 4.99 Å². The molecule has 0 amide bonds. The molecule has 0 fully saturated rings. The van der Waals surface area contributed by atoms with Crippen molar-refractivity contribution in [3.63, 3.8) is 0 Å². The third-order valence-electron chi connectivity index (χ3n) is 3.58. The van der Waals surface area contributed by atoms with E-state index in [1.165, 1.54) is 0 Å². The fraction of sp³-hybridized carbons (Fsp3) is 0.350. The molecular weight excluding hydrogens is 316 g/mol. The molecule has 24 heavy (non-hydrogen) atoms. The zero-order chi connectivity index (χ0) is 17.5. The van der Waals surface area contributed by atoms with Gasteiger partial charge in [-0.2, -0.15) is 0 Å². The average molecular weight is 343 g/mol. The molecule has 0 aliphatic heterocycles. The van der Waals surface area contributed by atoms with E-state index >= 15 is 0 Å². The number of amidine groups is 1. The van der Waals surface area contributed by atoms with Crippen LogP contribution in [0.4, 0.5) is 5.69 Å². The standard InChI is InChI=1S/C20H26N2OS/c1-15(2)22(16(3)4)20(21-17-9-7-6-8-10-17)24-19-13-11-18(23-5)12-14-19/h6-16H,1-5H3. The van der Waals surface area contributed by atoms with Crippen molar-refractivity contribution < 1.29 is 4.74 Å². The molecule has 3 nitrogen and oxygen atoms in total. The number of thioether (sulfide) groups is 1. The van der Waals surface area contributed by atoms with Gasteiger partial charge < -0.3 is 9.64 Å². The van der Waals surface area contributed by atoms with Crippen LogP contribution in [0.15, 0.2) is 64.5 Å². The van der Waals surface area contributed by atoms with Crippen molar-refractivity contribution in [2.45, 2.75) is 44.7 Å². The van der Waals surface area contributed by atoms with Crippen molar-refractivity contribution >= 4 is 22.6 Å². The zero-order valence-electron chi connectivity index (χ0n) is 15.1. The first-order chi connectivity index (χ1) is 11.5. The topological polar surface area (TPSA) is 24.8 Å². The van der Waals surface area contributed by atoms with Crippen molar-refractivity contribution in [1.29, 1.82) is 0 Å². The SMILES string of the molecule is COc1ccc(SC(=Nc2ccccc2)N(C(C)C)C(C)C)cc1. The first-order valence-electron chi connectivity index (χ1n) is 8.25. The van der Waals surface area contributed by atoms with Crippen LogP contribution in [0.25, 0.3) is 0 Å². The minimum Gasteiger partial charge on any atom is -0.497 e. The summed E-state index contributed by atoms with van der Waals surface area (Å²) in [4.78, 5) is 8.41. The van der Waals surface area contributed by atoms with E-state index < -0.39 is 0 Å². The van der Waals surface area contributed by atoms with E-state index in [-0.39, 0.29) is 0 Å². The van der Waals surface area contributed by atoms with Crippen molar-refractivity contribution in [3.8, 4) is 5.75 Å². The summed E-state index contributed by atoms with van der Waals surface area (Å²) in [5.41, 5.74) is 0.972. The highest BCUT2D eigenvalue weighted by Crippen LogP contribution is 2.28. The van der Waals surface area contributed by atoms with E-state index in [2.05, 4.69) is 44.7 Å². The summed E-state index contributed by atoms with van der Waals surface area (Å²) in [5, 5.41) is 1.01. The lowest BCUT2D eigenvalue weighted by atomic mass is 10.2. The number of ether oxygens (including phenoxy) is 1. The highest BCUT2D eigenvalue weighted by Gasteiger charge is 2.19. The number of hydrogen-bond acceptors (Lipinski definition) is 3. The Labute approximate surface area is 149 Å². The molecule has 0 bridgehead atoms. The number of hydrogen-bond donors (Lipinski definition) is 0. The van der Waals surface area contributed by atoms with E-state index in [0.717, 1.165) is 21.5 Å². The van der Waals surface area contributed by atoms with Crippen LogP contribution in [-0.4, -0.2) is 29.3 Å². The highest BCUT2D eigenvalue weighted by molar-refractivity contribution is 8.13. The van der Waals surface area contributed by atoms with Gasteiger partial charge >= 0.3 is 0 Å².